The zero-order valence-electron chi connectivity index (χ0n) is 14.9. The fourth-order valence-electron chi connectivity index (χ4n) is 2.43. The highest BCUT2D eigenvalue weighted by Gasteiger charge is 2.10. The summed E-state index contributed by atoms with van der Waals surface area (Å²) in [6.07, 6.45) is 1.67. The molecule has 1 N–H and O–H groups in total. The highest BCUT2D eigenvalue weighted by molar-refractivity contribution is 9.10. The maximum atomic E-state index is 12.2. The van der Waals surface area contributed by atoms with Crippen LogP contribution >= 0.6 is 15.9 Å². The summed E-state index contributed by atoms with van der Waals surface area (Å²) < 4.78 is 2.55. The van der Waals surface area contributed by atoms with Gasteiger partial charge in [-0.25, -0.2) is 5.43 Å². The third kappa shape index (κ3) is 4.89. The minimum absolute atomic E-state index is 0.0308. The van der Waals surface area contributed by atoms with Crippen molar-refractivity contribution >= 4 is 33.2 Å². The van der Waals surface area contributed by atoms with Gasteiger partial charge in [0.2, 0.25) is 0 Å². The van der Waals surface area contributed by atoms with E-state index in [1.165, 1.54) is 12.1 Å². The lowest BCUT2D eigenvalue weighted by molar-refractivity contribution is -0.384. The molecule has 1 amide bonds. The Labute approximate surface area is 169 Å². The first-order chi connectivity index (χ1) is 13.4. The Morgan fingerprint density at radius 2 is 1.86 bits per heavy atom. The molecule has 8 nitrogen and oxygen atoms in total. The van der Waals surface area contributed by atoms with Gasteiger partial charge in [-0.2, -0.15) is 10.2 Å². The maximum absolute atomic E-state index is 12.2. The summed E-state index contributed by atoms with van der Waals surface area (Å²) in [4.78, 5) is 22.5. The summed E-state index contributed by atoms with van der Waals surface area (Å²) >= 11 is 3.37. The quantitative estimate of drug-likeness (QED) is 0.357. The molecule has 28 heavy (non-hydrogen) atoms. The molecule has 3 aromatic rings. The zero-order valence-corrected chi connectivity index (χ0v) is 16.5. The van der Waals surface area contributed by atoms with Gasteiger partial charge >= 0.3 is 0 Å². The minimum atomic E-state index is -0.448. The third-order valence-electron chi connectivity index (χ3n) is 3.95. The van der Waals surface area contributed by atoms with Crippen LogP contribution in [0.4, 0.5) is 5.69 Å². The number of hydrogen-bond donors (Lipinski definition) is 1. The van der Waals surface area contributed by atoms with Crippen LogP contribution in [0.3, 0.4) is 0 Å². The monoisotopic (exact) mass is 441 g/mol. The van der Waals surface area contributed by atoms with E-state index in [1.54, 1.807) is 36.0 Å². The van der Waals surface area contributed by atoms with Crippen molar-refractivity contribution in [2.75, 3.05) is 0 Å². The van der Waals surface area contributed by atoms with E-state index in [0.717, 1.165) is 15.6 Å². The van der Waals surface area contributed by atoms with E-state index in [4.69, 9.17) is 0 Å². The average Bonchev–Trinajstić information content (AvgIpc) is 3.15. The lowest BCUT2D eigenvalue weighted by Gasteiger charge is -2.03. The van der Waals surface area contributed by atoms with Crippen LogP contribution in [0.25, 0.3) is 0 Å². The number of rotatable bonds is 6. The number of amides is 1. The summed E-state index contributed by atoms with van der Waals surface area (Å²) in [5.74, 6) is -0.418. The van der Waals surface area contributed by atoms with Crippen LogP contribution in [0.15, 0.2) is 70.4 Å². The second-order valence-corrected chi connectivity index (χ2v) is 6.88. The van der Waals surface area contributed by atoms with E-state index in [-0.39, 0.29) is 11.4 Å². The maximum Gasteiger partial charge on any atom is 0.291 e. The summed E-state index contributed by atoms with van der Waals surface area (Å²) in [7, 11) is 0. The van der Waals surface area contributed by atoms with Gasteiger partial charge in [0, 0.05) is 22.8 Å². The number of non-ortho nitro benzene ring substituents is 1. The fraction of sp³-hybridized carbons (Fsp3) is 0.105. The van der Waals surface area contributed by atoms with Crippen molar-refractivity contribution in [2.45, 2.75) is 13.5 Å². The van der Waals surface area contributed by atoms with E-state index in [9.17, 15) is 14.9 Å². The molecule has 9 heteroatoms. The molecule has 0 saturated carbocycles. The number of nitrogens with one attached hydrogen (secondary N) is 1. The molecule has 0 saturated heterocycles. The molecule has 3 rings (SSSR count). The van der Waals surface area contributed by atoms with E-state index in [2.05, 4.69) is 31.6 Å². The van der Waals surface area contributed by atoms with Crippen LogP contribution < -0.4 is 5.43 Å². The topological polar surface area (TPSA) is 102 Å². The van der Waals surface area contributed by atoms with Crippen molar-refractivity contribution in [3.8, 4) is 0 Å². The lowest BCUT2D eigenvalue weighted by atomic mass is 10.1. The first-order valence-electron chi connectivity index (χ1n) is 8.30. The van der Waals surface area contributed by atoms with Crippen molar-refractivity contribution in [2.24, 2.45) is 5.10 Å². The van der Waals surface area contributed by atoms with Gasteiger partial charge in [-0.15, -0.1) is 0 Å². The Hall–Kier alpha value is -3.33. The number of hydrogen-bond acceptors (Lipinski definition) is 5. The molecule has 142 valence electrons. The molecule has 0 atom stereocenters. The number of carbonyl (C=O) groups is 1. The molecule has 0 aliphatic carbocycles. The first-order valence-corrected chi connectivity index (χ1v) is 9.09. The molecule has 0 radical (unpaired) electrons. The zero-order chi connectivity index (χ0) is 20.1. The van der Waals surface area contributed by atoms with E-state index in [0.29, 0.717) is 12.3 Å². The van der Waals surface area contributed by atoms with Gasteiger partial charge in [-0.1, -0.05) is 40.2 Å². The first kappa shape index (κ1) is 19.4. The van der Waals surface area contributed by atoms with E-state index >= 15 is 0 Å². The molecule has 0 fully saturated rings. The van der Waals surface area contributed by atoms with Gasteiger partial charge in [-0.05, 0) is 36.2 Å². The van der Waals surface area contributed by atoms with Crippen molar-refractivity contribution in [3.63, 3.8) is 0 Å². The number of carbonyl (C=O) groups excluding carboxylic acids is 1. The molecule has 0 unspecified atom stereocenters. The van der Waals surface area contributed by atoms with Crippen LogP contribution in [-0.4, -0.2) is 26.3 Å². The normalized spacial score (nSPS) is 11.3. The molecule has 1 aromatic heterocycles. The Bertz CT molecular complexity index is 1030. The number of hydrazone groups is 1. The third-order valence-corrected chi connectivity index (χ3v) is 4.48. The average molecular weight is 442 g/mol. The summed E-state index contributed by atoms with van der Waals surface area (Å²) in [5, 5.41) is 19.0. The standard InChI is InChI=1S/C19H16BrN5O3/c1-13(15-4-6-16(20)7-5-15)21-22-19(26)18-10-11-24(23-18)12-14-2-8-17(9-3-14)25(27)28/h2-11H,12H2,1H3,(H,22,26). The molecule has 0 spiro atoms. The van der Waals surface area contributed by atoms with Gasteiger partial charge < -0.3 is 0 Å². The Morgan fingerprint density at radius 1 is 1.18 bits per heavy atom. The smallest absolute Gasteiger partial charge is 0.268 e. The Balaban J connectivity index is 1.62. The number of halogens is 1. The molecule has 0 aliphatic rings. The van der Waals surface area contributed by atoms with Crippen LogP contribution in [-0.2, 0) is 6.54 Å². The van der Waals surface area contributed by atoms with Crippen LogP contribution in [0.1, 0.15) is 28.5 Å². The molecule has 1 heterocycles. The molecular weight excluding hydrogens is 426 g/mol. The number of nitro benzene ring substituents is 1. The Morgan fingerprint density at radius 3 is 2.50 bits per heavy atom. The Kier molecular flexibility index (Phi) is 5.95. The van der Waals surface area contributed by atoms with Gasteiger partial charge in [0.15, 0.2) is 5.69 Å². The van der Waals surface area contributed by atoms with Crippen LogP contribution in [0.5, 0.6) is 0 Å². The van der Waals surface area contributed by atoms with Gasteiger partial charge in [0.05, 0.1) is 17.2 Å². The number of aromatic nitrogens is 2. The summed E-state index contributed by atoms with van der Waals surface area (Å²) in [6.45, 7) is 2.20. The summed E-state index contributed by atoms with van der Waals surface area (Å²) in [5.41, 5.74) is 5.16. The highest BCUT2D eigenvalue weighted by atomic mass is 79.9. The second-order valence-electron chi connectivity index (χ2n) is 5.97. The van der Waals surface area contributed by atoms with Crippen LogP contribution in [0, 0.1) is 10.1 Å². The second kappa shape index (κ2) is 8.57. The van der Waals surface area contributed by atoms with Gasteiger partial charge in [-0.3, -0.25) is 19.6 Å². The van der Waals surface area contributed by atoms with Crippen LogP contribution in [0.2, 0.25) is 0 Å². The predicted molar refractivity (Wildman–Crippen MR) is 108 cm³/mol. The number of nitro groups is 1. The molecular formula is C19H16BrN5O3. The number of benzene rings is 2. The van der Waals surface area contributed by atoms with Gasteiger partial charge in [0.25, 0.3) is 11.6 Å². The van der Waals surface area contributed by atoms with Crippen molar-refractivity contribution < 1.29 is 9.72 Å². The minimum Gasteiger partial charge on any atom is -0.268 e. The predicted octanol–water partition coefficient (Wildman–Crippen LogP) is 3.76. The van der Waals surface area contributed by atoms with Crippen molar-refractivity contribution in [1.29, 1.82) is 0 Å². The highest BCUT2D eigenvalue weighted by Crippen LogP contribution is 2.13. The van der Waals surface area contributed by atoms with Gasteiger partial charge in [0.1, 0.15) is 0 Å². The molecule has 2 aromatic carbocycles. The SMILES string of the molecule is CC(=NNC(=O)c1ccn(Cc2ccc([N+](=O)[O-])cc2)n1)c1ccc(Br)cc1. The van der Waals surface area contributed by atoms with Crippen molar-refractivity contribution in [1.82, 2.24) is 15.2 Å². The largest absolute Gasteiger partial charge is 0.291 e. The summed E-state index contributed by atoms with van der Waals surface area (Å²) in [6, 6.07) is 15.4. The molecule has 0 bridgehead atoms. The van der Waals surface area contributed by atoms with E-state index < -0.39 is 10.8 Å². The molecule has 0 aliphatic heterocycles. The fourth-order valence-corrected chi connectivity index (χ4v) is 2.69. The lowest BCUT2D eigenvalue weighted by Crippen LogP contribution is -2.20. The van der Waals surface area contributed by atoms with E-state index in [1.807, 2.05) is 24.3 Å². The van der Waals surface area contributed by atoms with Crippen molar-refractivity contribution in [3.05, 3.63) is 92.2 Å². The number of nitrogens with zero attached hydrogens (tertiary/aromatic N) is 4.